The molecule has 0 aliphatic carbocycles. The number of carbonyl (C=O) groups is 1. The number of benzene rings is 1. The highest BCUT2D eigenvalue weighted by molar-refractivity contribution is 6.43. The molecule has 0 saturated heterocycles. The van der Waals surface area contributed by atoms with Gasteiger partial charge in [-0.1, -0.05) is 30.1 Å². The van der Waals surface area contributed by atoms with Gasteiger partial charge in [-0.3, -0.25) is 14.9 Å². The van der Waals surface area contributed by atoms with Gasteiger partial charge in [-0.25, -0.2) is 0 Å². The van der Waals surface area contributed by atoms with Gasteiger partial charge < -0.3 is 10.4 Å². The quantitative estimate of drug-likeness (QED) is 0.644. The molecule has 2 N–H and O–H groups in total. The summed E-state index contributed by atoms with van der Waals surface area (Å²) < 4.78 is 0. The van der Waals surface area contributed by atoms with Crippen molar-refractivity contribution >= 4 is 34.8 Å². The van der Waals surface area contributed by atoms with Crippen molar-refractivity contribution in [1.82, 2.24) is 5.32 Å². The largest absolute Gasteiger partial charge is 0.394 e. The van der Waals surface area contributed by atoms with Crippen LogP contribution in [0.3, 0.4) is 0 Å². The van der Waals surface area contributed by atoms with Gasteiger partial charge in [0.2, 0.25) is 0 Å². The Hall–Kier alpha value is -1.37. The van der Waals surface area contributed by atoms with Gasteiger partial charge in [0.15, 0.2) is 0 Å². The first-order valence-corrected chi connectivity index (χ1v) is 6.56. The maximum atomic E-state index is 12.1. The van der Waals surface area contributed by atoms with E-state index in [0.717, 1.165) is 6.07 Å². The highest BCUT2D eigenvalue weighted by Crippen LogP contribution is 2.33. The number of carbonyl (C=O) groups excluding carboxylic acids is 1. The van der Waals surface area contributed by atoms with Crippen molar-refractivity contribution < 1.29 is 14.8 Å². The first-order chi connectivity index (χ1) is 9.24. The van der Waals surface area contributed by atoms with Gasteiger partial charge in [0, 0.05) is 11.6 Å². The maximum absolute atomic E-state index is 12.1. The third kappa shape index (κ3) is 3.59. The summed E-state index contributed by atoms with van der Waals surface area (Å²) in [6, 6.07) is 2.30. The number of aliphatic hydroxyl groups is 1. The molecule has 0 radical (unpaired) electrons. The molecular weight excluding hydrogens is 307 g/mol. The molecular formula is C12H14Cl2N2O4. The van der Waals surface area contributed by atoms with Crippen molar-refractivity contribution in [2.24, 2.45) is 0 Å². The number of aliphatic hydroxyl groups excluding tert-OH is 1. The minimum absolute atomic E-state index is 0.0132. The van der Waals surface area contributed by atoms with Crippen LogP contribution < -0.4 is 5.32 Å². The molecule has 0 bridgehead atoms. The van der Waals surface area contributed by atoms with E-state index in [0.29, 0.717) is 6.42 Å². The predicted molar refractivity (Wildman–Crippen MR) is 76.4 cm³/mol. The Morgan fingerprint density at radius 1 is 1.50 bits per heavy atom. The van der Waals surface area contributed by atoms with E-state index in [9.17, 15) is 20.0 Å². The van der Waals surface area contributed by atoms with Crippen molar-refractivity contribution in [1.29, 1.82) is 0 Å². The van der Waals surface area contributed by atoms with Crippen LogP contribution in [0, 0.1) is 10.1 Å². The summed E-state index contributed by atoms with van der Waals surface area (Å²) >= 11 is 11.5. The van der Waals surface area contributed by atoms with Crippen molar-refractivity contribution in [2.45, 2.75) is 25.8 Å². The summed E-state index contributed by atoms with van der Waals surface area (Å²) in [6.45, 7) is 3.21. The van der Waals surface area contributed by atoms with E-state index in [2.05, 4.69) is 5.32 Å². The molecule has 6 nitrogen and oxygen atoms in total. The smallest absolute Gasteiger partial charge is 0.290 e. The number of nitrogens with zero attached hydrogens (tertiary/aromatic N) is 1. The zero-order valence-electron chi connectivity index (χ0n) is 10.9. The van der Waals surface area contributed by atoms with E-state index in [1.807, 2.05) is 0 Å². The zero-order valence-corrected chi connectivity index (χ0v) is 12.5. The molecule has 110 valence electrons. The number of nitrogens with one attached hydrogen (secondary N) is 1. The average Bonchev–Trinajstić information content (AvgIpc) is 2.40. The Balaban J connectivity index is 3.15. The molecule has 0 saturated carbocycles. The lowest BCUT2D eigenvalue weighted by Crippen LogP contribution is -2.48. The number of nitro benzene ring substituents is 1. The molecule has 0 aliphatic rings. The van der Waals surface area contributed by atoms with Crippen LogP contribution >= 0.6 is 23.2 Å². The molecule has 0 aromatic heterocycles. The molecule has 0 heterocycles. The lowest BCUT2D eigenvalue weighted by atomic mass is 9.99. The fourth-order valence-corrected chi connectivity index (χ4v) is 1.82. The molecule has 1 unspecified atom stereocenters. The summed E-state index contributed by atoms with van der Waals surface area (Å²) in [5, 5.41) is 22.4. The molecule has 8 heteroatoms. The normalized spacial score (nSPS) is 13.7. The molecule has 0 spiro atoms. The molecule has 1 amide bonds. The Kier molecular flexibility index (Phi) is 5.33. The van der Waals surface area contributed by atoms with E-state index in [1.54, 1.807) is 13.8 Å². The fourth-order valence-electron chi connectivity index (χ4n) is 1.42. The van der Waals surface area contributed by atoms with Gasteiger partial charge in [0.25, 0.3) is 11.6 Å². The van der Waals surface area contributed by atoms with Gasteiger partial charge in [-0.2, -0.15) is 0 Å². The van der Waals surface area contributed by atoms with Gasteiger partial charge in [0.1, 0.15) is 5.02 Å². The van der Waals surface area contributed by atoms with E-state index >= 15 is 0 Å². The zero-order chi connectivity index (χ0) is 15.5. The average molecular weight is 321 g/mol. The van der Waals surface area contributed by atoms with Crippen LogP contribution in [0.2, 0.25) is 10.0 Å². The van der Waals surface area contributed by atoms with Crippen LogP contribution in [0.1, 0.15) is 30.6 Å². The van der Waals surface area contributed by atoms with Crippen LogP contribution in [0.15, 0.2) is 12.1 Å². The van der Waals surface area contributed by atoms with Gasteiger partial charge in [-0.15, -0.1) is 0 Å². The van der Waals surface area contributed by atoms with Crippen LogP contribution in [0.25, 0.3) is 0 Å². The second kappa shape index (κ2) is 6.39. The third-order valence-corrected chi connectivity index (χ3v) is 3.80. The Bertz CT molecular complexity index is 545. The second-order valence-electron chi connectivity index (χ2n) is 4.57. The standard InChI is InChI=1S/C12H14Cl2N2O4/c1-3-12(2,6-17)15-11(18)7-4-8(13)10(14)9(5-7)16(19)20/h4-5,17H,3,6H2,1-2H3,(H,15,18). The summed E-state index contributed by atoms with van der Waals surface area (Å²) in [5.41, 5.74) is -1.23. The Labute approximate surface area is 125 Å². The molecule has 1 aromatic rings. The number of amides is 1. The summed E-state index contributed by atoms with van der Waals surface area (Å²) in [5.74, 6) is -0.565. The topological polar surface area (TPSA) is 92.5 Å². The molecule has 1 rings (SSSR count). The monoisotopic (exact) mass is 320 g/mol. The number of hydrogen-bond donors (Lipinski definition) is 2. The first-order valence-electron chi connectivity index (χ1n) is 5.81. The molecule has 20 heavy (non-hydrogen) atoms. The van der Waals surface area contributed by atoms with Gasteiger partial charge >= 0.3 is 0 Å². The minimum Gasteiger partial charge on any atom is -0.394 e. The minimum atomic E-state index is -0.808. The molecule has 1 atom stereocenters. The predicted octanol–water partition coefficient (Wildman–Crippen LogP) is 2.79. The van der Waals surface area contributed by atoms with Crippen molar-refractivity contribution in [3.63, 3.8) is 0 Å². The lowest BCUT2D eigenvalue weighted by molar-refractivity contribution is -0.384. The molecule has 0 fully saturated rings. The lowest BCUT2D eigenvalue weighted by Gasteiger charge is -2.27. The summed E-state index contributed by atoms with van der Waals surface area (Å²) in [6.07, 6.45) is 0.499. The van der Waals surface area contributed by atoms with Crippen molar-refractivity contribution in [2.75, 3.05) is 6.61 Å². The first kappa shape index (κ1) is 16.7. The van der Waals surface area contributed by atoms with Crippen molar-refractivity contribution in [3.05, 3.63) is 37.9 Å². The molecule has 1 aromatic carbocycles. The van der Waals surface area contributed by atoms with E-state index in [1.165, 1.54) is 6.07 Å². The number of halogens is 2. The second-order valence-corrected chi connectivity index (χ2v) is 5.36. The maximum Gasteiger partial charge on any atom is 0.290 e. The summed E-state index contributed by atoms with van der Waals surface area (Å²) in [7, 11) is 0. The number of rotatable bonds is 5. The van der Waals surface area contributed by atoms with Crippen LogP contribution in [-0.2, 0) is 0 Å². The Morgan fingerprint density at radius 2 is 2.10 bits per heavy atom. The van der Waals surface area contributed by atoms with Gasteiger partial charge in [0.05, 0.1) is 22.1 Å². The van der Waals surface area contributed by atoms with E-state index in [4.69, 9.17) is 23.2 Å². The van der Waals surface area contributed by atoms with E-state index < -0.39 is 22.1 Å². The SMILES string of the molecule is CCC(C)(CO)NC(=O)c1cc(Cl)c(Cl)c([N+](=O)[O-])c1. The number of hydrogen-bond acceptors (Lipinski definition) is 4. The Morgan fingerprint density at radius 3 is 2.55 bits per heavy atom. The van der Waals surface area contributed by atoms with Crippen LogP contribution in [0.5, 0.6) is 0 Å². The number of nitro groups is 1. The van der Waals surface area contributed by atoms with Crippen LogP contribution in [-0.4, -0.2) is 28.1 Å². The molecule has 0 aliphatic heterocycles. The van der Waals surface area contributed by atoms with E-state index in [-0.39, 0.29) is 22.2 Å². The summed E-state index contributed by atoms with van der Waals surface area (Å²) in [4.78, 5) is 22.2. The highest BCUT2D eigenvalue weighted by Gasteiger charge is 2.26. The van der Waals surface area contributed by atoms with Crippen molar-refractivity contribution in [3.8, 4) is 0 Å². The van der Waals surface area contributed by atoms with Gasteiger partial charge in [-0.05, 0) is 19.4 Å². The highest BCUT2D eigenvalue weighted by atomic mass is 35.5. The fraction of sp³-hybridized carbons (Fsp3) is 0.417. The third-order valence-electron chi connectivity index (χ3n) is 3.01. The van der Waals surface area contributed by atoms with Crippen LogP contribution in [0.4, 0.5) is 5.69 Å².